The molecule has 5 atom stereocenters. The third kappa shape index (κ3) is 2.37. The SMILES string of the molecule is CN1c2cc(Cl)ccc2SC2C(C3Sc4ccc(Cl)cc4[N+]3(C)[O-])C21. The van der Waals surface area contributed by atoms with Crippen LogP contribution in [0, 0.1) is 11.1 Å². The second-order valence-corrected chi connectivity index (χ2v) is 10.2. The minimum absolute atomic E-state index is 0.0387. The maximum absolute atomic E-state index is 13.5. The van der Waals surface area contributed by atoms with Gasteiger partial charge in [0.1, 0.15) is 5.69 Å². The quantitative estimate of drug-likeness (QED) is 0.459. The Labute approximate surface area is 165 Å². The Bertz CT molecular complexity index is 891. The van der Waals surface area contributed by atoms with Gasteiger partial charge in [0.05, 0.1) is 29.6 Å². The van der Waals surface area contributed by atoms with Gasteiger partial charge < -0.3 is 14.8 Å². The summed E-state index contributed by atoms with van der Waals surface area (Å²) in [5.41, 5.74) is 1.96. The first kappa shape index (κ1) is 16.6. The Balaban J connectivity index is 1.48. The van der Waals surface area contributed by atoms with Gasteiger partial charge in [-0.1, -0.05) is 35.0 Å². The topological polar surface area (TPSA) is 26.3 Å². The van der Waals surface area contributed by atoms with Crippen molar-refractivity contribution in [3.8, 4) is 0 Å². The molecule has 0 spiro atoms. The predicted molar refractivity (Wildman–Crippen MR) is 109 cm³/mol. The van der Waals surface area contributed by atoms with Gasteiger partial charge in [-0.05, 0) is 30.3 Å². The minimum atomic E-state index is -0.357. The van der Waals surface area contributed by atoms with Crippen LogP contribution in [0.4, 0.5) is 11.4 Å². The maximum Gasteiger partial charge on any atom is 0.150 e. The highest BCUT2D eigenvalue weighted by Gasteiger charge is 2.65. The number of rotatable bonds is 1. The summed E-state index contributed by atoms with van der Waals surface area (Å²) in [5, 5.41) is 15.3. The zero-order valence-corrected chi connectivity index (χ0v) is 16.8. The minimum Gasteiger partial charge on any atom is -0.627 e. The molecular formula is C18H16Cl2N2OS2. The monoisotopic (exact) mass is 410 g/mol. The van der Waals surface area contributed by atoms with Gasteiger partial charge in [-0.2, -0.15) is 0 Å². The maximum atomic E-state index is 13.5. The van der Waals surface area contributed by atoms with Gasteiger partial charge in [0.15, 0.2) is 5.37 Å². The van der Waals surface area contributed by atoms with Gasteiger partial charge in [-0.15, -0.1) is 11.8 Å². The summed E-state index contributed by atoms with van der Waals surface area (Å²) in [6.07, 6.45) is 0. The summed E-state index contributed by atoms with van der Waals surface area (Å²) in [5.74, 6) is 0.333. The number of thioether (sulfide) groups is 2. The lowest BCUT2D eigenvalue weighted by Gasteiger charge is -2.40. The van der Waals surface area contributed by atoms with Gasteiger partial charge in [0, 0.05) is 33.3 Å². The van der Waals surface area contributed by atoms with E-state index < -0.39 is 0 Å². The van der Waals surface area contributed by atoms with Gasteiger partial charge in [0.2, 0.25) is 0 Å². The summed E-state index contributed by atoms with van der Waals surface area (Å²) in [7, 11) is 3.88. The van der Waals surface area contributed by atoms with Gasteiger partial charge in [-0.25, -0.2) is 0 Å². The van der Waals surface area contributed by atoms with E-state index in [9.17, 15) is 5.21 Å². The predicted octanol–water partition coefficient (Wildman–Crippen LogP) is 5.47. The lowest BCUT2D eigenvalue weighted by molar-refractivity contribution is 0.391. The van der Waals surface area contributed by atoms with Crippen molar-refractivity contribution in [1.29, 1.82) is 0 Å². The summed E-state index contributed by atoms with van der Waals surface area (Å²) in [4.78, 5) is 4.62. The van der Waals surface area contributed by atoms with Crippen LogP contribution in [0.3, 0.4) is 0 Å². The van der Waals surface area contributed by atoms with Crippen molar-refractivity contribution >= 4 is 58.1 Å². The first-order valence-corrected chi connectivity index (χ1v) is 10.6. The lowest BCUT2D eigenvalue weighted by Crippen LogP contribution is -2.46. The number of nitrogens with zero attached hydrogens (tertiary/aromatic N) is 2. The molecule has 2 aromatic carbocycles. The van der Waals surface area contributed by atoms with Gasteiger partial charge >= 0.3 is 0 Å². The van der Waals surface area contributed by atoms with Gasteiger partial charge in [-0.3, -0.25) is 0 Å². The Morgan fingerprint density at radius 2 is 1.72 bits per heavy atom. The van der Waals surface area contributed by atoms with Crippen LogP contribution >= 0.6 is 46.7 Å². The molecule has 0 aromatic heterocycles. The molecule has 1 fully saturated rings. The summed E-state index contributed by atoms with van der Waals surface area (Å²) >= 11 is 15.9. The van der Waals surface area contributed by atoms with Crippen molar-refractivity contribution in [3.05, 3.63) is 51.7 Å². The van der Waals surface area contributed by atoms with Crippen LogP contribution < -0.4 is 9.55 Å². The number of hydrogen-bond donors (Lipinski definition) is 0. The Hall–Kier alpha value is -0.560. The second kappa shape index (κ2) is 5.47. The molecule has 3 nitrogen and oxygen atoms in total. The third-order valence-corrected chi connectivity index (χ3v) is 8.93. The standard InChI is InChI=1S/C18H16Cl2N2OS2/c1-21-11-7-9(19)3-5-13(11)24-17-15(16(17)21)18-22(2,23)12-8-10(20)4-6-14(12)25-18/h3-8,15-18H,1-2H3. The third-order valence-electron chi connectivity index (χ3n) is 5.44. The number of quaternary nitrogens is 1. The molecule has 3 aliphatic rings. The number of anilines is 1. The molecular weight excluding hydrogens is 395 g/mol. The molecule has 5 rings (SSSR count). The molecule has 0 bridgehead atoms. The Morgan fingerprint density at radius 1 is 1.04 bits per heavy atom. The highest BCUT2D eigenvalue weighted by molar-refractivity contribution is 8.01. The van der Waals surface area contributed by atoms with Gasteiger partial charge in [0.25, 0.3) is 0 Å². The number of halogens is 2. The molecule has 0 radical (unpaired) electrons. The van der Waals surface area contributed by atoms with Crippen molar-refractivity contribution < 1.29 is 0 Å². The van der Waals surface area contributed by atoms with E-state index >= 15 is 0 Å². The molecule has 7 heteroatoms. The number of hydrogen-bond acceptors (Lipinski definition) is 4. The van der Waals surface area contributed by atoms with E-state index in [2.05, 4.69) is 18.0 Å². The molecule has 0 amide bonds. The van der Waals surface area contributed by atoms with E-state index in [1.807, 2.05) is 42.1 Å². The molecule has 2 heterocycles. The molecule has 0 saturated heterocycles. The molecule has 0 N–H and O–H groups in total. The Morgan fingerprint density at radius 3 is 2.48 bits per heavy atom. The van der Waals surface area contributed by atoms with Crippen LogP contribution in [-0.4, -0.2) is 30.8 Å². The fourth-order valence-corrected chi connectivity index (χ4v) is 7.78. The van der Waals surface area contributed by atoms with Crippen LogP contribution in [0.1, 0.15) is 0 Å². The number of benzene rings is 2. The Kier molecular flexibility index (Phi) is 3.63. The van der Waals surface area contributed by atoms with Crippen LogP contribution in [-0.2, 0) is 0 Å². The molecule has 2 aromatic rings. The van der Waals surface area contributed by atoms with Crippen LogP contribution in [0.25, 0.3) is 0 Å². The van der Waals surface area contributed by atoms with Crippen LogP contribution in [0.5, 0.6) is 0 Å². The first-order chi connectivity index (χ1) is 11.9. The van der Waals surface area contributed by atoms with E-state index in [1.54, 1.807) is 18.8 Å². The zero-order valence-electron chi connectivity index (χ0n) is 13.6. The van der Waals surface area contributed by atoms with Crippen molar-refractivity contribution in [2.24, 2.45) is 5.92 Å². The average Bonchev–Trinajstić information content (AvgIpc) is 3.21. The molecule has 1 saturated carbocycles. The molecule has 5 unspecified atom stereocenters. The first-order valence-electron chi connectivity index (χ1n) is 8.11. The summed E-state index contributed by atoms with van der Waals surface area (Å²) in [6, 6.07) is 12.1. The van der Waals surface area contributed by atoms with E-state index in [0.29, 0.717) is 22.2 Å². The van der Waals surface area contributed by atoms with Crippen molar-refractivity contribution in [1.82, 2.24) is 4.65 Å². The molecule has 1 aliphatic carbocycles. The fraction of sp³-hybridized carbons (Fsp3) is 0.333. The second-order valence-electron chi connectivity index (χ2n) is 6.98. The summed E-state index contributed by atoms with van der Waals surface area (Å²) < 4.78 is -0.357. The van der Waals surface area contributed by atoms with E-state index in [1.165, 1.54) is 10.6 Å². The smallest absolute Gasteiger partial charge is 0.150 e. The largest absolute Gasteiger partial charge is 0.627 e. The van der Waals surface area contributed by atoms with Crippen LogP contribution in [0.15, 0.2) is 46.2 Å². The van der Waals surface area contributed by atoms with Crippen LogP contribution in [0.2, 0.25) is 10.0 Å². The molecule has 2 aliphatic heterocycles. The molecule has 25 heavy (non-hydrogen) atoms. The van der Waals surface area contributed by atoms with Crippen molar-refractivity contribution in [2.45, 2.75) is 26.5 Å². The highest BCUT2D eigenvalue weighted by atomic mass is 35.5. The number of fused-ring (bicyclic) bond motifs is 3. The highest BCUT2D eigenvalue weighted by Crippen LogP contribution is 2.63. The van der Waals surface area contributed by atoms with E-state index in [4.69, 9.17) is 23.2 Å². The zero-order chi connectivity index (χ0) is 17.5. The number of hydroxylamine groups is 2. The lowest BCUT2D eigenvalue weighted by atomic mass is 10.2. The fourth-order valence-electron chi connectivity index (χ4n) is 4.13. The van der Waals surface area contributed by atoms with E-state index in [0.717, 1.165) is 15.6 Å². The van der Waals surface area contributed by atoms with E-state index in [-0.39, 0.29) is 10.0 Å². The molecule has 130 valence electrons. The average molecular weight is 411 g/mol. The van der Waals surface area contributed by atoms with Crippen molar-refractivity contribution in [2.75, 3.05) is 19.0 Å². The van der Waals surface area contributed by atoms with Crippen molar-refractivity contribution in [3.63, 3.8) is 0 Å². The summed E-state index contributed by atoms with van der Waals surface area (Å²) in [6.45, 7) is 0. The normalized spacial score (nSPS) is 35.2.